The molecule has 0 saturated heterocycles. The summed E-state index contributed by atoms with van der Waals surface area (Å²) in [5, 5.41) is 6.57. The van der Waals surface area contributed by atoms with Crippen LogP contribution >= 0.6 is 11.8 Å². The van der Waals surface area contributed by atoms with Crippen molar-refractivity contribution in [3.05, 3.63) is 29.8 Å². The molecule has 0 aromatic heterocycles. The molecule has 118 valence electrons. The van der Waals surface area contributed by atoms with Gasteiger partial charge in [-0.05, 0) is 36.8 Å². The smallest absolute Gasteiger partial charge is 0.329 e. The number of nitrogens with zero attached hydrogens (tertiary/aromatic N) is 1. The predicted octanol–water partition coefficient (Wildman–Crippen LogP) is 2.31. The molecule has 2 N–H and O–H groups in total. The molecule has 1 aromatic carbocycles. The first kappa shape index (κ1) is 16.5. The summed E-state index contributed by atoms with van der Waals surface area (Å²) in [6.45, 7) is 0. The minimum absolute atomic E-state index is 0.120. The van der Waals surface area contributed by atoms with Gasteiger partial charge in [-0.2, -0.15) is 5.10 Å². The summed E-state index contributed by atoms with van der Waals surface area (Å²) in [6, 6.07) is 7.88. The third-order valence-electron chi connectivity index (χ3n) is 3.64. The summed E-state index contributed by atoms with van der Waals surface area (Å²) in [7, 11) is 0. The fourth-order valence-electron chi connectivity index (χ4n) is 2.40. The van der Waals surface area contributed by atoms with Gasteiger partial charge in [-0.15, -0.1) is 11.8 Å². The molecule has 0 unspecified atom stereocenters. The highest BCUT2D eigenvalue weighted by Gasteiger charge is 2.19. The van der Waals surface area contributed by atoms with E-state index in [9.17, 15) is 9.59 Å². The van der Waals surface area contributed by atoms with Gasteiger partial charge in [-0.25, -0.2) is 5.43 Å². The number of amides is 2. The third kappa shape index (κ3) is 5.18. The zero-order valence-electron chi connectivity index (χ0n) is 12.7. The number of carbonyl (C=O) groups excluding carboxylic acids is 2. The lowest BCUT2D eigenvalue weighted by atomic mass is 9.95. The Morgan fingerprint density at radius 2 is 1.82 bits per heavy atom. The van der Waals surface area contributed by atoms with Crippen LogP contribution in [-0.4, -0.2) is 30.3 Å². The van der Waals surface area contributed by atoms with Crippen molar-refractivity contribution in [2.75, 3.05) is 6.26 Å². The Balaban J connectivity index is 1.77. The third-order valence-corrected chi connectivity index (χ3v) is 4.39. The van der Waals surface area contributed by atoms with Crippen molar-refractivity contribution in [3.8, 4) is 0 Å². The second-order valence-corrected chi connectivity index (χ2v) is 6.16. The van der Waals surface area contributed by atoms with E-state index >= 15 is 0 Å². The monoisotopic (exact) mass is 319 g/mol. The summed E-state index contributed by atoms with van der Waals surface area (Å²) in [5.74, 6) is -1.33. The summed E-state index contributed by atoms with van der Waals surface area (Å²) in [6.07, 6.45) is 8.85. The van der Waals surface area contributed by atoms with Gasteiger partial charge in [0.2, 0.25) is 0 Å². The summed E-state index contributed by atoms with van der Waals surface area (Å²) in [4.78, 5) is 24.6. The van der Waals surface area contributed by atoms with E-state index in [-0.39, 0.29) is 6.04 Å². The number of nitrogens with one attached hydrogen (secondary N) is 2. The van der Waals surface area contributed by atoms with E-state index in [1.54, 1.807) is 11.8 Å². The first-order chi connectivity index (χ1) is 10.7. The Labute approximate surface area is 134 Å². The lowest BCUT2D eigenvalue weighted by Gasteiger charge is -2.22. The number of rotatable bonds is 4. The topological polar surface area (TPSA) is 70.6 Å². The average molecular weight is 319 g/mol. The number of hydrazone groups is 1. The summed E-state index contributed by atoms with van der Waals surface area (Å²) >= 11 is 1.66. The molecule has 1 saturated carbocycles. The molecular weight excluding hydrogens is 298 g/mol. The maximum atomic E-state index is 11.7. The molecule has 6 heteroatoms. The van der Waals surface area contributed by atoms with Crippen LogP contribution in [0.5, 0.6) is 0 Å². The van der Waals surface area contributed by atoms with E-state index in [4.69, 9.17) is 0 Å². The molecule has 1 aromatic rings. The minimum Gasteiger partial charge on any atom is -0.345 e. The molecule has 0 heterocycles. The Morgan fingerprint density at radius 3 is 2.45 bits per heavy atom. The zero-order valence-corrected chi connectivity index (χ0v) is 13.5. The van der Waals surface area contributed by atoms with Crippen molar-refractivity contribution in [3.63, 3.8) is 0 Å². The van der Waals surface area contributed by atoms with Gasteiger partial charge < -0.3 is 5.32 Å². The van der Waals surface area contributed by atoms with Gasteiger partial charge in [0.05, 0.1) is 6.21 Å². The normalized spacial score (nSPS) is 15.7. The van der Waals surface area contributed by atoms with Crippen LogP contribution in [0.4, 0.5) is 0 Å². The molecular formula is C16H21N3O2S. The van der Waals surface area contributed by atoms with Gasteiger partial charge in [0.15, 0.2) is 0 Å². The minimum atomic E-state index is -0.720. The highest BCUT2D eigenvalue weighted by atomic mass is 32.2. The quantitative estimate of drug-likeness (QED) is 0.387. The van der Waals surface area contributed by atoms with E-state index in [0.717, 1.165) is 36.1 Å². The van der Waals surface area contributed by atoms with Gasteiger partial charge in [0, 0.05) is 10.9 Å². The van der Waals surface area contributed by atoms with Crippen LogP contribution < -0.4 is 10.7 Å². The molecule has 0 bridgehead atoms. The van der Waals surface area contributed by atoms with Gasteiger partial charge >= 0.3 is 11.8 Å². The first-order valence-corrected chi connectivity index (χ1v) is 8.69. The van der Waals surface area contributed by atoms with E-state index in [1.165, 1.54) is 12.6 Å². The van der Waals surface area contributed by atoms with Crippen LogP contribution in [0.25, 0.3) is 0 Å². The largest absolute Gasteiger partial charge is 0.345 e. The number of carbonyl (C=O) groups is 2. The number of thioether (sulfide) groups is 1. The Morgan fingerprint density at radius 1 is 1.14 bits per heavy atom. The molecule has 0 spiro atoms. The van der Waals surface area contributed by atoms with Crippen molar-refractivity contribution >= 4 is 29.8 Å². The molecule has 1 aliphatic carbocycles. The van der Waals surface area contributed by atoms with Crippen LogP contribution in [0.3, 0.4) is 0 Å². The van der Waals surface area contributed by atoms with Gasteiger partial charge in [-0.1, -0.05) is 31.4 Å². The maximum absolute atomic E-state index is 11.7. The molecule has 0 radical (unpaired) electrons. The maximum Gasteiger partial charge on any atom is 0.329 e. The number of benzene rings is 1. The lowest BCUT2D eigenvalue weighted by Crippen LogP contribution is -2.44. The molecule has 1 fully saturated rings. The number of hydrogen-bond donors (Lipinski definition) is 2. The first-order valence-electron chi connectivity index (χ1n) is 7.47. The average Bonchev–Trinajstić information content (AvgIpc) is 2.56. The molecule has 0 atom stereocenters. The highest BCUT2D eigenvalue weighted by Crippen LogP contribution is 2.17. The molecule has 1 aliphatic rings. The Kier molecular flexibility index (Phi) is 6.45. The molecule has 5 nitrogen and oxygen atoms in total. The highest BCUT2D eigenvalue weighted by molar-refractivity contribution is 7.98. The SMILES string of the molecule is CSc1ccc(/C=N\NC(=O)C(=O)NC2CCCCC2)cc1. The number of hydrogen-bond acceptors (Lipinski definition) is 4. The molecule has 2 rings (SSSR count). The van der Waals surface area contributed by atoms with Crippen molar-refractivity contribution in [1.82, 2.24) is 10.7 Å². The molecule has 0 aliphatic heterocycles. The van der Waals surface area contributed by atoms with E-state index in [0.29, 0.717) is 0 Å². The predicted molar refractivity (Wildman–Crippen MR) is 89.0 cm³/mol. The van der Waals surface area contributed by atoms with Crippen LogP contribution in [-0.2, 0) is 9.59 Å². The van der Waals surface area contributed by atoms with Gasteiger partial charge in [-0.3, -0.25) is 9.59 Å². The van der Waals surface area contributed by atoms with Gasteiger partial charge in [0.25, 0.3) is 0 Å². The van der Waals surface area contributed by atoms with Crippen LogP contribution in [0.15, 0.2) is 34.3 Å². The second-order valence-electron chi connectivity index (χ2n) is 5.28. The van der Waals surface area contributed by atoms with E-state index in [1.807, 2.05) is 30.5 Å². The van der Waals surface area contributed by atoms with E-state index < -0.39 is 11.8 Å². The zero-order chi connectivity index (χ0) is 15.8. The fraction of sp³-hybridized carbons (Fsp3) is 0.438. The van der Waals surface area contributed by atoms with E-state index in [2.05, 4.69) is 15.8 Å². The van der Waals surface area contributed by atoms with Crippen LogP contribution in [0, 0.1) is 0 Å². The second kappa shape index (κ2) is 8.58. The van der Waals surface area contributed by atoms with Crippen molar-refractivity contribution < 1.29 is 9.59 Å². The molecule has 2 amide bonds. The Bertz CT molecular complexity index is 537. The van der Waals surface area contributed by atoms with Crippen LogP contribution in [0.2, 0.25) is 0 Å². The summed E-state index contributed by atoms with van der Waals surface area (Å²) in [5.41, 5.74) is 3.13. The fourth-order valence-corrected chi connectivity index (χ4v) is 2.81. The van der Waals surface area contributed by atoms with Crippen molar-refractivity contribution in [2.24, 2.45) is 5.10 Å². The van der Waals surface area contributed by atoms with Crippen molar-refractivity contribution in [1.29, 1.82) is 0 Å². The lowest BCUT2D eigenvalue weighted by molar-refractivity contribution is -0.139. The Hall–Kier alpha value is -1.82. The molecule has 22 heavy (non-hydrogen) atoms. The van der Waals surface area contributed by atoms with Gasteiger partial charge in [0.1, 0.15) is 0 Å². The van der Waals surface area contributed by atoms with Crippen LogP contribution in [0.1, 0.15) is 37.7 Å². The summed E-state index contributed by atoms with van der Waals surface area (Å²) < 4.78 is 0. The van der Waals surface area contributed by atoms with Crippen molar-refractivity contribution in [2.45, 2.75) is 43.0 Å². The standard InChI is InChI=1S/C16H21N3O2S/c1-22-14-9-7-12(8-10-14)11-17-19-16(21)15(20)18-13-5-3-2-4-6-13/h7-11,13H,2-6H2,1H3,(H,18,20)(H,19,21)/b17-11-.